The van der Waals surface area contributed by atoms with Gasteiger partial charge in [0.15, 0.2) is 6.29 Å². The first-order valence-electron chi connectivity index (χ1n) is 5.17. The normalized spacial score (nSPS) is 12.2. The summed E-state index contributed by atoms with van der Waals surface area (Å²) >= 11 is 0. The number of hydrogen-bond acceptors (Lipinski definition) is 2. The molecule has 1 atom stereocenters. The summed E-state index contributed by atoms with van der Waals surface area (Å²) in [5.74, 6) is 0.820. The Labute approximate surface area is 91.5 Å². The molecule has 0 bridgehead atoms. The molecule has 0 aromatic heterocycles. The summed E-state index contributed by atoms with van der Waals surface area (Å²) in [6, 6.07) is 7.85. The summed E-state index contributed by atoms with van der Waals surface area (Å²) in [7, 11) is 0. The second-order valence-electron chi connectivity index (χ2n) is 3.45. The summed E-state index contributed by atoms with van der Waals surface area (Å²) in [5, 5.41) is 0. The lowest BCUT2D eigenvalue weighted by atomic mass is 10.1. The molecular formula is C13H18O2. The largest absolute Gasteiger partial charge is 0.465 e. The highest BCUT2D eigenvalue weighted by Gasteiger charge is 2.02. The van der Waals surface area contributed by atoms with Crippen LogP contribution in [0, 0.1) is 0 Å². The standard InChI is InChI=1S/C13H18O2/c1-5-14-11(4)15-13-8-6-12(7-9-13)10(2)3/h6-9,11H,2,5H2,1,3-4H3. The average Bonchev–Trinajstić information content (AvgIpc) is 2.18. The van der Waals surface area contributed by atoms with E-state index in [0.717, 1.165) is 16.9 Å². The van der Waals surface area contributed by atoms with Crippen LogP contribution >= 0.6 is 0 Å². The van der Waals surface area contributed by atoms with Crippen molar-refractivity contribution in [3.63, 3.8) is 0 Å². The van der Waals surface area contributed by atoms with Gasteiger partial charge < -0.3 is 9.47 Å². The van der Waals surface area contributed by atoms with Crippen molar-refractivity contribution in [1.82, 2.24) is 0 Å². The van der Waals surface area contributed by atoms with Crippen LogP contribution in [0.25, 0.3) is 5.57 Å². The van der Waals surface area contributed by atoms with Crippen molar-refractivity contribution < 1.29 is 9.47 Å². The van der Waals surface area contributed by atoms with E-state index in [1.165, 1.54) is 0 Å². The van der Waals surface area contributed by atoms with Gasteiger partial charge in [0.1, 0.15) is 5.75 Å². The van der Waals surface area contributed by atoms with Gasteiger partial charge in [-0.25, -0.2) is 0 Å². The molecule has 1 rings (SSSR count). The summed E-state index contributed by atoms with van der Waals surface area (Å²) in [6.45, 7) is 10.4. The minimum absolute atomic E-state index is 0.203. The average molecular weight is 206 g/mol. The molecule has 15 heavy (non-hydrogen) atoms. The lowest BCUT2D eigenvalue weighted by molar-refractivity contribution is -0.0613. The van der Waals surface area contributed by atoms with Crippen LogP contribution in [0.2, 0.25) is 0 Å². The summed E-state index contributed by atoms with van der Waals surface area (Å²) < 4.78 is 10.8. The molecule has 2 heteroatoms. The minimum atomic E-state index is -0.203. The Morgan fingerprint density at radius 1 is 1.33 bits per heavy atom. The van der Waals surface area contributed by atoms with Gasteiger partial charge in [0, 0.05) is 6.61 Å². The first-order valence-corrected chi connectivity index (χ1v) is 5.17. The fourth-order valence-corrected chi connectivity index (χ4v) is 1.28. The lowest BCUT2D eigenvalue weighted by Gasteiger charge is -2.14. The van der Waals surface area contributed by atoms with Gasteiger partial charge in [0.25, 0.3) is 0 Å². The summed E-state index contributed by atoms with van der Waals surface area (Å²) in [5.41, 5.74) is 2.19. The molecule has 0 saturated heterocycles. The summed E-state index contributed by atoms with van der Waals surface area (Å²) in [6.07, 6.45) is -0.203. The third-order valence-corrected chi connectivity index (χ3v) is 2.05. The molecule has 0 N–H and O–H groups in total. The van der Waals surface area contributed by atoms with Crippen molar-refractivity contribution in [3.05, 3.63) is 36.4 Å². The van der Waals surface area contributed by atoms with Crippen LogP contribution in [-0.2, 0) is 4.74 Å². The van der Waals surface area contributed by atoms with E-state index in [-0.39, 0.29) is 6.29 Å². The maximum atomic E-state index is 5.54. The molecule has 0 spiro atoms. The predicted molar refractivity (Wildman–Crippen MR) is 62.9 cm³/mol. The van der Waals surface area contributed by atoms with E-state index in [1.807, 2.05) is 45.0 Å². The van der Waals surface area contributed by atoms with Crippen molar-refractivity contribution in [3.8, 4) is 5.75 Å². The zero-order valence-electron chi connectivity index (χ0n) is 9.62. The quantitative estimate of drug-likeness (QED) is 0.687. The molecule has 1 aromatic carbocycles. The van der Waals surface area contributed by atoms with Crippen LogP contribution in [0.4, 0.5) is 0 Å². The van der Waals surface area contributed by atoms with Crippen molar-refractivity contribution in [2.24, 2.45) is 0 Å². The second-order valence-corrected chi connectivity index (χ2v) is 3.45. The van der Waals surface area contributed by atoms with E-state index in [9.17, 15) is 0 Å². The maximum Gasteiger partial charge on any atom is 0.196 e. The van der Waals surface area contributed by atoms with Crippen molar-refractivity contribution in [2.45, 2.75) is 27.1 Å². The Hall–Kier alpha value is -1.28. The zero-order chi connectivity index (χ0) is 11.3. The minimum Gasteiger partial charge on any atom is -0.465 e. The second kappa shape index (κ2) is 5.56. The Morgan fingerprint density at radius 2 is 1.93 bits per heavy atom. The number of allylic oxidation sites excluding steroid dienone is 1. The molecule has 1 unspecified atom stereocenters. The third kappa shape index (κ3) is 3.76. The van der Waals surface area contributed by atoms with Gasteiger partial charge in [-0.1, -0.05) is 24.3 Å². The Bertz CT molecular complexity index is 314. The number of ether oxygens (including phenoxy) is 2. The van der Waals surface area contributed by atoms with Crippen molar-refractivity contribution in [1.29, 1.82) is 0 Å². The Balaban J connectivity index is 2.60. The maximum absolute atomic E-state index is 5.54. The molecule has 0 aliphatic carbocycles. The highest BCUT2D eigenvalue weighted by molar-refractivity contribution is 5.61. The van der Waals surface area contributed by atoms with Crippen LogP contribution in [0.15, 0.2) is 30.8 Å². The van der Waals surface area contributed by atoms with Crippen molar-refractivity contribution in [2.75, 3.05) is 6.61 Å². The van der Waals surface area contributed by atoms with Gasteiger partial charge in [0.2, 0.25) is 0 Å². The van der Waals surface area contributed by atoms with Gasteiger partial charge in [-0.05, 0) is 38.5 Å². The highest BCUT2D eigenvalue weighted by atomic mass is 16.7. The van der Waals surface area contributed by atoms with Gasteiger partial charge in [-0.2, -0.15) is 0 Å². The lowest BCUT2D eigenvalue weighted by Crippen LogP contribution is -2.15. The highest BCUT2D eigenvalue weighted by Crippen LogP contribution is 2.18. The molecular weight excluding hydrogens is 188 g/mol. The van der Waals surface area contributed by atoms with Gasteiger partial charge >= 0.3 is 0 Å². The number of rotatable bonds is 5. The molecule has 2 nitrogen and oxygen atoms in total. The molecule has 1 aromatic rings. The van der Waals surface area contributed by atoms with Crippen molar-refractivity contribution >= 4 is 5.57 Å². The fraction of sp³-hybridized carbons (Fsp3) is 0.385. The summed E-state index contributed by atoms with van der Waals surface area (Å²) in [4.78, 5) is 0. The van der Waals surface area contributed by atoms with E-state index < -0.39 is 0 Å². The molecule has 0 aliphatic heterocycles. The van der Waals surface area contributed by atoms with E-state index >= 15 is 0 Å². The zero-order valence-corrected chi connectivity index (χ0v) is 9.62. The van der Waals surface area contributed by atoms with Gasteiger partial charge in [0.05, 0.1) is 0 Å². The number of hydrogen-bond donors (Lipinski definition) is 0. The van der Waals surface area contributed by atoms with E-state index in [4.69, 9.17) is 9.47 Å². The molecule has 0 heterocycles. The smallest absolute Gasteiger partial charge is 0.196 e. The molecule has 0 radical (unpaired) electrons. The van der Waals surface area contributed by atoms with E-state index in [0.29, 0.717) is 6.61 Å². The fourth-order valence-electron chi connectivity index (χ4n) is 1.28. The van der Waals surface area contributed by atoms with Crippen LogP contribution in [0.3, 0.4) is 0 Å². The predicted octanol–water partition coefficient (Wildman–Crippen LogP) is 3.48. The molecule has 0 amide bonds. The monoisotopic (exact) mass is 206 g/mol. The van der Waals surface area contributed by atoms with Crippen LogP contribution in [-0.4, -0.2) is 12.9 Å². The Kier molecular flexibility index (Phi) is 4.37. The molecule has 0 aliphatic rings. The SMILES string of the molecule is C=C(C)c1ccc(OC(C)OCC)cc1. The van der Waals surface area contributed by atoms with Crippen LogP contribution in [0.1, 0.15) is 26.3 Å². The molecule has 0 fully saturated rings. The number of benzene rings is 1. The third-order valence-electron chi connectivity index (χ3n) is 2.05. The first-order chi connectivity index (χ1) is 7.13. The van der Waals surface area contributed by atoms with Crippen LogP contribution < -0.4 is 4.74 Å². The Morgan fingerprint density at radius 3 is 2.40 bits per heavy atom. The van der Waals surface area contributed by atoms with Gasteiger partial charge in [-0.3, -0.25) is 0 Å². The van der Waals surface area contributed by atoms with Crippen LogP contribution in [0.5, 0.6) is 5.75 Å². The van der Waals surface area contributed by atoms with E-state index in [2.05, 4.69) is 6.58 Å². The first kappa shape index (κ1) is 11.8. The molecule has 0 saturated carbocycles. The molecule has 82 valence electrons. The van der Waals surface area contributed by atoms with E-state index in [1.54, 1.807) is 0 Å². The topological polar surface area (TPSA) is 18.5 Å². The van der Waals surface area contributed by atoms with Gasteiger partial charge in [-0.15, -0.1) is 0 Å².